The molecule has 108 valence electrons. The Morgan fingerprint density at radius 1 is 1.38 bits per heavy atom. The molecule has 3 rings (SSSR count). The molecule has 1 saturated heterocycles. The van der Waals surface area contributed by atoms with E-state index in [-0.39, 0.29) is 17.7 Å². The molecule has 1 aromatic carbocycles. The first-order valence-electron chi connectivity index (χ1n) is 6.75. The first-order valence-corrected chi connectivity index (χ1v) is 6.75. The molecular weight excluding hydrogens is 270 g/mol. The quantitative estimate of drug-likeness (QED) is 0.857. The van der Waals surface area contributed by atoms with Crippen LogP contribution in [-0.4, -0.2) is 34.8 Å². The second-order valence-corrected chi connectivity index (χ2v) is 5.03. The van der Waals surface area contributed by atoms with Gasteiger partial charge in [-0.05, 0) is 18.6 Å². The van der Waals surface area contributed by atoms with Crippen molar-refractivity contribution in [3.05, 3.63) is 36.2 Å². The van der Waals surface area contributed by atoms with E-state index < -0.39 is 0 Å². The molecule has 0 aliphatic carbocycles. The minimum Gasteiger partial charge on any atom is -0.437 e. The maximum atomic E-state index is 12.0. The zero-order chi connectivity index (χ0) is 14.8. The number of nitrogens with zero attached hydrogens (tertiary/aromatic N) is 2. The first-order chi connectivity index (χ1) is 10.1. The number of oxazole rings is 1. The Labute approximate surface area is 121 Å². The summed E-state index contributed by atoms with van der Waals surface area (Å²) >= 11 is 0. The third kappa shape index (κ3) is 2.79. The molecule has 2 heterocycles. The molecule has 1 aliphatic rings. The van der Waals surface area contributed by atoms with Crippen molar-refractivity contribution in [2.24, 2.45) is 11.7 Å². The predicted molar refractivity (Wildman–Crippen MR) is 76.9 cm³/mol. The minimum absolute atomic E-state index is 0.166. The lowest BCUT2D eigenvalue weighted by atomic mass is 10.1. The van der Waals surface area contributed by atoms with Gasteiger partial charge in [-0.2, -0.15) is 0 Å². The number of fused-ring (bicyclic) bond motifs is 1. The fraction of sp³-hybridized carbons (Fsp3) is 0.267. The van der Waals surface area contributed by atoms with Gasteiger partial charge in [0.1, 0.15) is 5.52 Å². The molecule has 1 fully saturated rings. The molecule has 0 saturated carbocycles. The summed E-state index contributed by atoms with van der Waals surface area (Å²) in [6.07, 6.45) is 3.58. The summed E-state index contributed by atoms with van der Waals surface area (Å²) < 4.78 is 5.50. The van der Waals surface area contributed by atoms with Gasteiger partial charge in [0.2, 0.25) is 17.7 Å². The summed E-state index contributed by atoms with van der Waals surface area (Å²) in [6, 6.07) is 7.40. The lowest BCUT2D eigenvalue weighted by Crippen LogP contribution is -2.30. The van der Waals surface area contributed by atoms with E-state index in [9.17, 15) is 9.59 Å². The van der Waals surface area contributed by atoms with Crippen LogP contribution in [0.4, 0.5) is 0 Å². The summed E-state index contributed by atoms with van der Waals surface area (Å²) in [5, 5.41) is 0. The number of likely N-dealkylation sites (tertiary alicyclic amines) is 1. The third-order valence-corrected chi connectivity index (χ3v) is 3.58. The fourth-order valence-electron chi connectivity index (χ4n) is 2.40. The monoisotopic (exact) mass is 285 g/mol. The summed E-state index contributed by atoms with van der Waals surface area (Å²) in [6.45, 7) is 0.927. The smallest absolute Gasteiger partial charge is 0.246 e. The summed E-state index contributed by atoms with van der Waals surface area (Å²) in [5.74, 6) is -0.379. The number of benzene rings is 1. The van der Waals surface area contributed by atoms with Gasteiger partial charge in [-0.15, -0.1) is 0 Å². The Kier molecular flexibility index (Phi) is 3.43. The van der Waals surface area contributed by atoms with Gasteiger partial charge >= 0.3 is 0 Å². The van der Waals surface area contributed by atoms with Crippen LogP contribution in [0.1, 0.15) is 12.3 Å². The predicted octanol–water partition coefficient (Wildman–Crippen LogP) is 1.17. The molecule has 1 aliphatic heterocycles. The summed E-state index contributed by atoms with van der Waals surface area (Å²) in [7, 11) is 0. The molecule has 2 aromatic rings. The normalized spacial score (nSPS) is 18.7. The average Bonchev–Trinajstić information content (AvgIpc) is 3.11. The Bertz CT molecular complexity index is 687. The van der Waals surface area contributed by atoms with E-state index >= 15 is 0 Å². The maximum absolute atomic E-state index is 12.0. The van der Waals surface area contributed by atoms with Crippen LogP contribution in [0, 0.1) is 5.92 Å². The number of amides is 2. The van der Waals surface area contributed by atoms with Gasteiger partial charge in [-0.3, -0.25) is 9.59 Å². The molecule has 2 N–H and O–H groups in total. The molecule has 6 nitrogen and oxygen atoms in total. The Morgan fingerprint density at radius 3 is 2.90 bits per heavy atom. The Balaban J connectivity index is 1.68. The number of para-hydroxylation sites is 2. The number of carbonyl (C=O) groups is 2. The van der Waals surface area contributed by atoms with Crippen molar-refractivity contribution in [1.29, 1.82) is 0 Å². The second kappa shape index (κ2) is 5.40. The molecular formula is C15H15N3O3. The highest BCUT2D eigenvalue weighted by atomic mass is 16.3. The van der Waals surface area contributed by atoms with Crippen LogP contribution >= 0.6 is 0 Å². The zero-order valence-electron chi connectivity index (χ0n) is 11.4. The molecule has 6 heteroatoms. The van der Waals surface area contributed by atoms with Gasteiger partial charge in [-0.1, -0.05) is 12.1 Å². The van der Waals surface area contributed by atoms with Gasteiger partial charge in [0.05, 0.1) is 5.92 Å². The highest BCUT2D eigenvalue weighted by Crippen LogP contribution is 2.18. The summed E-state index contributed by atoms with van der Waals surface area (Å²) in [4.78, 5) is 29.0. The van der Waals surface area contributed by atoms with Crippen LogP contribution in [0.15, 0.2) is 34.8 Å². The highest BCUT2D eigenvalue weighted by molar-refractivity contribution is 5.92. The van der Waals surface area contributed by atoms with Crippen molar-refractivity contribution >= 4 is 29.0 Å². The molecule has 1 atom stereocenters. The van der Waals surface area contributed by atoms with Gasteiger partial charge in [0.25, 0.3) is 0 Å². The van der Waals surface area contributed by atoms with Crippen molar-refractivity contribution < 1.29 is 14.0 Å². The number of nitrogens with two attached hydrogens (primary N) is 1. The topological polar surface area (TPSA) is 89.4 Å². The van der Waals surface area contributed by atoms with Crippen LogP contribution in [0.25, 0.3) is 17.2 Å². The maximum Gasteiger partial charge on any atom is 0.246 e. The third-order valence-electron chi connectivity index (χ3n) is 3.58. The highest BCUT2D eigenvalue weighted by Gasteiger charge is 2.28. The Morgan fingerprint density at radius 2 is 2.19 bits per heavy atom. The van der Waals surface area contributed by atoms with Crippen molar-refractivity contribution in [3.63, 3.8) is 0 Å². The molecule has 0 spiro atoms. The van der Waals surface area contributed by atoms with Crippen LogP contribution in [0.3, 0.4) is 0 Å². The lowest BCUT2D eigenvalue weighted by Gasteiger charge is -2.12. The van der Waals surface area contributed by atoms with Crippen LogP contribution in [-0.2, 0) is 9.59 Å². The van der Waals surface area contributed by atoms with Gasteiger partial charge < -0.3 is 15.1 Å². The van der Waals surface area contributed by atoms with E-state index in [1.165, 1.54) is 6.08 Å². The number of aromatic nitrogens is 1. The average molecular weight is 285 g/mol. The second-order valence-electron chi connectivity index (χ2n) is 5.03. The van der Waals surface area contributed by atoms with Crippen LogP contribution in [0.5, 0.6) is 0 Å². The van der Waals surface area contributed by atoms with E-state index in [0.717, 1.165) is 5.52 Å². The van der Waals surface area contributed by atoms with E-state index in [1.54, 1.807) is 11.0 Å². The Hall–Kier alpha value is -2.63. The molecule has 2 amide bonds. The fourth-order valence-corrected chi connectivity index (χ4v) is 2.40. The molecule has 0 bridgehead atoms. The summed E-state index contributed by atoms with van der Waals surface area (Å²) in [5.41, 5.74) is 6.68. The largest absolute Gasteiger partial charge is 0.437 e. The number of carbonyl (C=O) groups excluding carboxylic acids is 2. The molecule has 21 heavy (non-hydrogen) atoms. The van der Waals surface area contributed by atoms with Crippen molar-refractivity contribution in [2.75, 3.05) is 13.1 Å². The van der Waals surface area contributed by atoms with E-state index in [1.807, 2.05) is 24.3 Å². The number of hydrogen-bond acceptors (Lipinski definition) is 4. The van der Waals surface area contributed by atoms with Crippen LogP contribution in [0.2, 0.25) is 0 Å². The van der Waals surface area contributed by atoms with Crippen molar-refractivity contribution in [3.8, 4) is 0 Å². The molecule has 0 radical (unpaired) electrons. The first kappa shape index (κ1) is 13.4. The lowest BCUT2D eigenvalue weighted by molar-refractivity contribution is -0.125. The van der Waals surface area contributed by atoms with Gasteiger partial charge in [-0.25, -0.2) is 4.98 Å². The van der Waals surface area contributed by atoms with Crippen molar-refractivity contribution in [1.82, 2.24) is 9.88 Å². The SMILES string of the molecule is NC(=O)C1CCN(C(=O)C=Cc2nc3ccccc3o2)C1. The van der Waals surface area contributed by atoms with E-state index in [0.29, 0.717) is 31.0 Å². The van der Waals surface area contributed by atoms with Crippen LogP contribution < -0.4 is 5.73 Å². The zero-order valence-corrected chi connectivity index (χ0v) is 11.4. The number of primary amides is 1. The van der Waals surface area contributed by atoms with Crippen molar-refractivity contribution in [2.45, 2.75) is 6.42 Å². The van der Waals surface area contributed by atoms with Gasteiger partial charge in [0.15, 0.2) is 5.58 Å². The molecule has 1 unspecified atom stereocenters. The minimum atomic E-state index is -0.353. The van der Waals surface area contributed by atoms with Gasteiger partial charge in [0, 0.05) is 25.2 Å². The molecule has 1 aromatic heterocycles. The number of rotatable bonds is 3. The standard InChI is InChI=1S/C15H15N3O3/c16-15(20)10-7-8-18(9-10)14(19)6-5-13-17-11-3-1-2-4-12(11)21-13/h1-6,10H,7-9H2,(H2,16,20). The number of hydrogen-bond donors (Lipinski definition) is 1. The van der Waals surface area contributed by atoms with E-state index in [2.05, 4.69) is 4.98 Å². The van der Waals surface area contributed by atoms with E-state index in [4.69, 9.17) is 10.2 Å².